The highest BCUT2D eigenvalue weighted by molar-refractivity contribution is 5.10. The summed E-state index contributed by atoms with van der Waals surface area (Å²) in [6.07, 6.45) is 11.2. The van der Waals surface area contributed by atoms with Crippen molar-refractivity contribution < 1.29 is 14.6 Å². The Kier molecular flexibility index (Phi) is 3.42. The van der Waals surface area contributed by atoms with Crippen LogP contribution in [0.25, 0.3) is 0 Å². The minimum Gasteiger partial charge on any atom is -0.393 e. The average Bonchev–Trinajstić information content (AvgIpc) is 3.14. The van der Waals surface area contributed by atoms with Crippen molar-refractivity contribution in [2.45, 2.75) is 76.6 Å². The molecule has 1 heterocycles. The van der Waals surface area contributed by atoms with Gasteiger partial charge in [0.1, 0.15) is 0 Å². The van der Waals surface area contributed by atoms with Crippen LogP contribution in [0.1, 0.15) is 64.7 Å². The normalized spacial score (nSPS) is 54.5. The summed E-state index contributed by atoms with van der Waals surface area (Å²) in [6, 6.07) is 0. The zero-order chi connectivity index (χ0) is 15.7. The van der Waals surface area contributed by atoms with E-state index in [1.807, 2.05) is 0 Å². The molecule has 0 unspecified atom stereocenters. The van der Waals surface area contributed by atoms with E-state index < -0.39 is 0 Å². The molecule has 0 amide bonds. The van der Waals surface area contributed by atoms with E-state index in [0.29, 0.717) is 0 Å². The van der Waals surface area contributed by atoms with Crippen molar-refractivity contribution in [2.75, 3.05) is 13.2 Å². The quantitative estimate of drug-likeness (QED) is 0.739. The molecule has 3 nitrogen and oxygen atoms in total. The summed E-state index contributed by atoms with van der Waals surface area (Å²) in [4.78, 5) is 0. The van der Waals surface area contributed by atoms with E-state index in [1.165, 1.54) is 38.5 Å². The molecule has 0 aromatic heterocycles. The number of rotatable bonds is 0. The molecule has 5 fully saturated rings. The molecule has 7 atom stereocenters. The first-order valence-electron chi connectivity index (χ1n) is 10.1. The number of fused-ring (bicyclic) bond motifs is 6. The second-order valence-corrected chi connectivity index (χ2v) is 9.35. The van der Waals surface area contributed by atoms with Crippen molar-refractivity contribution >= 4 is 0 Å². The van der Waals surface area contributed by atoms with E-state index in [2.05, 4.69) is 6.92 Å². The van der Waals surface area contributed by atoms with Crippen LogP contribution in [0.3, 0.4) is 0 Å². The van der Waals surface area contributed by atoms with Gasteiger partial charge in [-0.2, -0.15) is 0 Å². The molecule has 1 saturated heterocycles. The number of ether oxygens (including phenoxy) is 2. The first-order chi connectivity index (χ1) is 11.1. The lowest BCUT2D eigenvalue weighted by Gasteiger charge is -2.57. The second kappa shape index (κ2) is 5.19. The molecular formula is C20H32O3. The molecule has 0 aromatic carbocycles. The molecular weight excluding hydrogens is 288 g/mol. The summed E-state index contributed by atoms with van der Waals surface area (Å²) in [7, 11) is 0. The maximum absolute atomic E-state index is 10.0. The van der Waals surface area contributed by atoms with E-state index in [1.54, 1.807) is 0 Å². The van der Waals surface area contributed by atoms with Gasteiger partial charge in [0.25, 0.3) is 0 Å². The highest BCUT2D eigenvalue weighted by Gasteiger charge is 2.65. The Morgan fingerprint density at radius 3 is 2.43 bits per heavy atom. The zero-order valence-corrected chi connectivity index (χ0v) is 14.5. The zero-order valence-electron chi connectivity index (χ0n) is 14.5. The van der Waals surface area contributed by atoms with Crippen molar-refractivity contribution in [2.24, 2.45) is 35.0 Å². The molecule has 5 rings (SSSR count). The molecule has 23 heavy (non-hydrogen) atoms. The van der Waals surface area contributed by atoms with E-state index in [-0.39, 0.29) is 17.3 Å². The lowest BCUT2D eigenvalue weighted by Crippen LogP contribution is -2.54. The molecule has 1 N–H and O–H groups in total. The Balaban J connectivity index is 1.41. The van der Waals surface area contributed by atoms with Gasteiger partial charge < -0.3 is 14.6 Å². The van der Waals surface area contributed by atoms with Crippen LogP contribution in [0.4, 0.5) is 0 Å². The molecule has 4 saturated carbocycles. The van der Waals surface area contributed by atoms with Crippen molar-refractivity contribution in [1.82, 2.24) is 0 Å². The van der Waals surface area contributed by atoms with Crippen molar-refractivity contribution in [3.05, 3.63) is 0 Å². The van der Waals surface area contributed by atoms with Crippen LogP contribution in [-0.2, 0) is 9.47 Å². The van der Waals surface area contributed by atoms with Gasteiger partial charge in [-0.25, -0.2) is 0 Å². The smallest absolute Gasteiger partial charge is 0.174 e. The van der Waals surface area contributed by atoms with Gasteiger partial charge in [-0.3, -0.25) is 0 Å². The molecule has 0 bridgehead atoms. The number of aliphatic hydroxyl groups is 1. The third-order valence-electron chi connectivity index (χ3n) is 8.72. The summed E-state index contributed by atoms with van der Waals surface area (Å²) in [5.41, 5.74) is 0.242. The van der Waals surface area contributed by atoms with Gasteiger partial charge in [0.2, 0.25) is 0 Å². The Morgan fingerprint density at radius 1 is 0.826 bits per heavy atom. The van der Waals surface area contributed by atoms with Gasteiger partial charge in [0.15, 0.2) is 5.79 Å². The van der Waals surface area contributed by atoms with Crippen LogP contribution < -0.4 is 0 Å². The largest absolute Gasteiger partial charge is 0.393 e. The maximum atomic E-state index is 10.0. The van der Waals surface area contributed by atoms with Crippen molar-refractivity contribution in [1.29, 1.82) is 0 Å². The van der Waals surface area contributed by atoms with E-state index in [9.17, 15) is 5.11 Å². The molecule has 5 aliphatic rings. The minimum atomic E-state index is -0.248. The van der Waals surface area contributed by atoms with Crippen LogP contribution in [0, 0.1) is 35.0 Å². The number of aliphatic hydroxyl groups excluding tert-OH is 1. The maximum Gasteiger partial charge on any atom is 0.174 e. The Hall–Kier alpha value is -0.120. The van der Waals surface area contributed by atoms with E-state index in [4.69, 9.17) is 9.47 Å². The predicted octanol–water partition coefficient (Wildman–Crippen LogP) is 3.74. The van der Waals surface area contributed by atoms with E-state index in [0.717, 1.165) is 62.1 Å². The van der Waals surface area contributed by atoms with E-state index >= 15 is 0 Å². The van der Waals surface area contributed by atoms with Gasteiger partial charge in [0, 0.05) is 11.8 Å². The molecule has 0 aromatic rings. The summed E-state index contributed by atoms with van der Waals surface area (Å²) < 4.78 is 12.4. The summed E-state index contributed by atoms with van der Waals surface area (Å²) in [5.74, 6) is 4.05. The molecule has 4 aliphatic carbocycles. The van der Waals surface area contributed by atoms with Crippen LogP contribution in [0.5, 0.6) is 0 Å². The third-order valence-corrected chi connectivity index (χ3v) is 8.72. The first kappa shape index (κ1) is 15.2. The van der Waals surface area contributed by atoms with Gasteiger partial charge in [-0.05, 0) is 81.0 Å². The lowest BCUT2D eigenvalue weighted by atomic mass is 9.50. The molecule has 1 spiro atoms. The Labute approximate surface area is 140 Å². The lowest BCUT2D eigenvalue weighted by molar-refractivity contribution is -0.243. The predicted molar refractivity (Wildman–Crippen MR) is 87.8 cm³/mol. The van der Waals surface area contributed by atoms with Gasteiger partial charge in [-0.1, -0.05) is 6.92 Å². The fraction of sp³-hybridized carbons (Fsp3) is 1.00. The van der Waals surface area contributed by atoms with Crippen LogP contribution >= 0.6 is 0 Å². The monoisotopic (exact) mass is 320 g/mol. The molecule has 3 heteroatoms. The topological polar surface area (TPSA) is 38.7 Å². The van der Waals surface area contributed by atoms with Crippen LogP contribution in [0.2, 0.25) is 0 Å². The highest BCUT2D eigenvalue weighted by atomic mass is 16.7. The van der Waals surface area contributed by atoms with Gasteiger partial charge in [0.05, 0.1) is 19.3 Å². The van der Waals surface area contributed by atoms with Crippen LogP contribution in [0.15, 0.2) is 0 Å². The summed E-state index contributed by atoms with van der Waals surface area (Å²) in [6.45, 7) is 4.06. The highest BCUT2D eigenvalue weighted by Crippen LogP contribution is 2.66. The molecule has 130 valence electrons. The standard InChI is InChI=1S/C20H32O3/c1-19-8-6-16-15-5-3-14(21)12-13(15)2-4-17(16)18(19)7-9-20(19)22-10-11-23-20/h13-18,21H,2-12H2,1H3/t13-,14+,15-,16+,17+,18-,19-/m0/s1. The number of hydrogen-bond acceptors (Lipinski definition) is 3. The molecule has 0 radical (unpaired) electrons. The average molecular weight is 320 g/mol. The Morgan fingerprint density at radius 2 is 1.61 bits per heavy atom. The molecule has 1 aliphatic heterocycles. The first-order valence-corrected chi connectivity index (χ1v) is 10.1. The Bertz CT molecular complexity index is 472. The SMILES string of the molecule is C[C@]12CC[C@H]3[C@@H](CC[C@H]4C[C@H](O)CC[C@@H]43)[C@@H]1CCC21OCCO1. The van der Waals surface area contributed by atoms with Gasteiger partial charge in [-0.15, -0.1) is 0 Å². The third kappa shape index (κ3) is 1.99. The van der Waals surface area contributed by atoms with Crippen molar-refractivity contribution in [3.8, 4) is 0 Å². The number of hydrogen-bond donors (Lipinski definition) is 1. The van der Waals surface area contributed by atoms with Crippen molar-refractivity contribution in [3.63, 3.8) is 0 Å². The fourth-order valence-corrected chi connectivity index (χ4v) is 7.71. The summed E-state index contributed by atoms with van der Waals surface area (Å²) >= 11 is 0. The van der Waals surface area contributed by atoms with Crippen LogP contribution in [-0.4, -0.2) is 30.2 Å². The fourth-order valence-electron chi connectivity index (χ4n) is 7.71. The minimum absolute atomic E-state index is 0.0169. The van der Waals surface area contributed by atoms with Gasteiger partial charge >= 0.3 is 0 Å². The summed E-state index contributed by atoms with van der Waals surface area (Å²) in [5, 5.41) is 10.0. The second-order valence-electron chi connectivity index (χ2n) is 9.35.